The lowest BCUT2D eigenvalue weighted by Crippen LogP contribution is -2.20. The van der Waals surface area contributed by atoms with Gasteiger partial charge >= 0.3 is 0 Å². The van der Waals surface area contributed by atoms with E-state index >= 15 is 0 Å². The summed E-state index contributed by atoms with van der Waals surface area (Å²) in [6.45, 7) is 2.07. The van der Waals surface area contributed by atoms with Crippen molar-refractivity contribution in [3.05, 3.63) is 70.9 Å². The number of rotatable bonds is 4. The summed E-state index contributed by atoms with van der Waals surface area (Å²) in [5.41, 5.74) is 4.40. The van der Waals surface area contributed by atoms with Gasteiger partial charge in [0.15, 0.2) is 0 Å². The smallest absolute Gasteiger partial charge is 0.224 e. The van der Waals surface area contributed by atoms with Gasteiger partial charge in [0, 0.05) is 28.2 Å². The maximum Gasteiger partial charge on any atom is 0.224 e. The van der Waals surface area contributed by atoms with E-state index in [4.69, 9.17) is 11.6 Å². The van der Waals surface area contributed by atoms with Crippen molar-refractivity contribution in [2.45, 2.75) is 44.9 Å². The van der Waals surface area contributed by atoms with Crippen LogP contribution in [0.3, 0.4) is 0 Å². The topological polar surface area (TPSA) is 42.0 Å². The van der Waals surface area contributed by atoms with E-state index in [1.54, 1.807) is 12.1 Å². The first-order chi connectivity index (χ1) is 13.6. The highest BCUT2D eigenvalue weighted by Crippen LogP contribution is 2.39. The van der Waals surface area contributed by atoms with Gasteiger partial charge in [-0.1, -0.05) is 29.8 Å². The number of fused-ring (bicyclic) bond motifs is 1. The first kappa shape index (κ1) is 18.9. The molecular weight excluding hydrogens is 368 g/mol. The Morgan fingerprint density at radius 3 is 2.54 bits per heavy atom. The molecule has 1 N–H and O–H groups in total. The van der Waals surface area contributed by atoms with Crippen LogP contribution in [0.5, 0.6) is 0 Å². The molecule has 4 rings (SSSR count). The Kier molecular flexibility index (Phi) is 5.63. The van der Waals surface area contributed by atoms with E-state index in [2.05, 4.69) is 47.6 Å². The number of nitrogens with zero attached hydrogens (tertiary/aromatic N) is 1. The predicted molar refractivity (Wildman–Crippen MR) is 116 cm³/mol. The van der Waals surface area contributed by atoms with Gasteiger partial charge in [-0.25, -0.2) is 0 Å². The third-order valence-electron chi connectivity index (χ3n) is 5.76. The number of benzene rings is 2. The second-order valence-electron chi connectivity index (χ2n) is 7.85. The van der Waals surface area contributed by atoms with Crippen LogP contribution in [0.25, 0.3) is 10.9 Å². The second-order valence-corrected chi connectivity index (χ2v) is 8.28. The monoisotopic (exact) mass is 392 g/mol. The zero-order valence-corrected chi connectivity index (χ0v) is 16.9. The number of hydrogen-bond acceptors (Lipinski definition) is 2. The van der Waals surface area contributed by atoms with Crippen LogP contribution in [0.2, 0.25) is 5.02 Å². The molecule has 0 radical (unpaired) electrons. The molecule has 2 aromatic carbocycles. The number of aromatic nitrogens is 1. The van der Waals surface area contributed by atoms with Gasteiger partial charge in [-0.05, 0) is 86.4 Å². The highest BCUT2D eigenvalue weighted by atomic mass is 35.5. The molecule has 0 aliphatic heterocycles. The fourth-order valence-corrected chi connectivity index (χ4v) is 4.49. The van der Waals surface area contributed by atoms with Gasteiger partial charge in [0.05, 0.1) is 5.52 Å². The van der Waals surface area contributed by atoms with E-state index in [9.17, 15) is 4.79 Å². The van der Waals surface area contributed by atoms with E-state index in [-0.39, 0.29) is 5.91 Å². The molecule has 1 amide bonds. The van der Waals surface area contributed by atoms with Crippen molar-refractivity contribution < 1.29 is 4.79 Å². The molecular formula is C24H25ClN2O. The number of carbonyl (C=O) groups excluding carboxylic acids is 1. The lowest BCUT2D eigenvalue weighted by Gasteiger charge is -2.29. The van der Waals surface area contributed by atoms with Crippen molar-refractivity contribution >= 4 is 34.1 Å². The molecule has 1 saturated carbocycles. The average molecular weight is 393 g/mol. The quantitative estimate of drug-likeness (QED) is 0.550. The minimum Gasteiger partial charge on any atom is -0.326 e. The summed E-state index contributed by atoms with van der Waals surface area (Å²) in [4.78, 5) is 17.1. The van der Waals surface area contributed by atoms with Crippen LogP contribution in [0.4, 0.5) is 5.69 Å². The number of carbonyl (C=O) groups is 1. The normalized spacial score (nSPS) is 19.5. The molecule has 1 aliphatic carbocycles. The molecule has 1 aromatic heterocycles. The van der Waals surface area contributed by atoms with Crippen LogP contribution >= 0.6 is 11.6 Å². The summed E-state index contributed by atoms with van der Waals surface area (Å²) in [7, 11) is 0. The molecule has 144 valence electrons. The minimum atomic E-state index is 0.0935. The average Bonchev–Trinajstić information content (AvgIpc) is 2.70. The van der Waals surface area contributed by atoms with Crippen LogP contribution in [-0.4, -0.2) is 10.9 Å². The maximum absolute atomic E-state index is 12.4. The SMILES string of the molecule is Cc1cc([C@H]2CC[C@H](CC(=O)Nc3ccc(Cl)cc3)CC2)c2ccccc2n1. The van der Waals surface area contributed by atoms with Gasteiger partial charge < -0.3 is 5.32 Å². The molecule has 28 heavy (non-hydrogen) atoms. The summed E-state index contributed by atoms with van der Waals surface area (Å²) >= 11 is 5.90. The van der Waals surface area contributed by atoms with E-state index in [0.717, 1.165) is 42.6 Å². The molecule has 1 fully saturated rings. The second kappa shape index (κ2) is 8.32. The zero-order chi connectivity index (χ0) is 19.5. The van der Waals surface area contributed by atoms with Crippen LogP contribution in [0.1, 0.15) is 49.3 Å². The molecule has 0 saturated heterocycles. The fraction of sp³-hybridized carbons (Fsp3) is 0.333. The molecule has 0 spiro atoms. The van der Waals surface area contributed by atoms with Crippen molar-refractivity contribution in [2.24, 2.45) is 5.92 Å². The van der Waals surface area contributed by atoms with Gasteiger partial charge in [0.2, 0.25) is 5.91 Å². The molecule has 4 heteroatoms. The summed E-state index contributed by atoms with van der Waals surface area (Å²) in [5, 5.41) is 4.94. The number of amides is 1. The van der Waals surface area contributed by atoms with Crippen molar-refractivity contribution in [1.29, 1.82) is 0 Å². The Balaban J connectivity index is 1.37. The summed E-state index contributed by atoms with van der Waals surface area (Å²) < 4.78 is 0. The molecule has 3 nitrogen and oxygen atoms in total. The van der Waals surface area contributed by atoms with E-state index in [0.29, 0.717) is 23.3 Å². The number of hydrogen-bond donors (Lipinski definition) is 1. The lowest BCUT2D eigenvalue weighted by atomic mass is 9.76. The van der Waals surface area contributed by atoms with Crippen LogP contribution in [-0.2, 0) is 4.79 Å². The number of aryl methyl sites for hydroxylation is 1. The number of para-hydroxylation sites is 1. The predicted octanol–water partition coefficient (Wildman–Crippen LogP) is 6.50. The Morgan fingerprint density at radius 2 is 1.79 bits per heavy atom. The van der Waals surface area contributed by atoms with E-state index < -0.39 is 0 Å². The number of pyridine rings is 1. The highest BCUT2D eigenvalue weighted by molar-refractivity contribution is 6.30. The Bertz CT molecular complexity index is 976. The van der Waals surface area contributed by atoms with Crippen LogP contribution < -0.4 is 5.32 Å². The van der Waals surface area contributed by atoms with Crippen molar-refractivity contribution in [2.75, 3.05) is 5.32 Å². The van der Waals surface area contributed by atoms with Crippen LogP contribution in [0.15, 0.2) is 54.6 Å². The van der Waals surface area contributed by atoms with Gasteiger partial charge in [-0.2, -0.15) is 0 Å². The van der Waals surface area contributed by atoms with Gasteiger partial charge in [-0.3, -0.25) is 9.78 Å². The molecule has 1 aliphatic rings. The zero-order valence-electron chi connectivity index (χ0n) is 16.1. The Hall–Kier alpha value is -2.39. The maximum atomic E-state index is 12.4. The fourth-order valence-electron chi connectivity index (χ4n) is 4.36. The standard InChI is InChI=1S/C24H25ClN2O/c1-16-14-22(21-4-2-3-5-23(21)26-16)18-8-6-17(7-9-18)15-24(28)27-20-12-10-19(25)11-13-20/h2-5,10-14,17-18H,6-9,15H2,1H3,(H,27,28)/t17-,18-. The third-order valence-corrected chi connectivity index (χ3v) is 6.02. The van der Waals surface area contributed by atoms with E-state index in [1.165, 1.54) is 10.9 Å². The molecule has 0 atom stereocenters. The summed E-state index contributed by atoms with van der Waals surface area (Å²) in [6.07, 6.45) is 5.03. The van der Waals surface area contributed by atoms with Gasteiger partial charge in [-0.15, -0.1) is 0 Å². The molecule has 1 heterocycles. The summed E-state index contributed by atoms with van der Waals surface area (Å²) in [5.74, 6) is 1.11. The minimum absolute atomic E-state index is 0.0935. The number of halogens is 1. The largest absolute Gasteiger partial charge is 0.326 e. The first-order valence-electron chi connectivity index (χ1n) is 10.00. The van der Waals surface area contributed by atoms with E-state index in [1.807, 2.05) is 12.1 Å². The van der Waals surface area contributed by atoms with Crippen molar-refractivity contribution in [1.82, 2.24) is 4.98 Å². The van der Waals surface area contributed by atoms with Gasteiger partial charge in [0.1, 0.15) is 0 Å². The lowest BCUT2D eigenvalue weighted by molar-refractivity contribution is -0.117. The third kappa shape index (κ3) is 4.36. The number of anilines is 1. The molecule has 0 unspecified atom stereocenters. The van der Waals surface area contributed by atoms with Crippen molar-refractivity contribution in [3.63, 3.8) is 0 Å². The Morgan fingerprint density at radius 1 is 1.07 bits per heavy atom. The van der Waals surface area contributed by atoms with Crippen molar-refractivity contribution in [3.8, 4) is 0 Å². The van der Waals surface area contributed by atoms with Gasteiger partial charge in [0.25, 0.3) is 0 Å². The Labute approximate surface area is 171 Å². The molecule has 3 aromatic rings. The number of nitrogens with one attached hydrogen (secondary N) is 1. The summed E-state index contributed by atoms with van der Waals surface area (Å²) in [6, 6.07) is 17.9. The van der Waals surface area contributed by atoms with Crippen LogP contribution in [0, 0.1) is 12.8 Å². The first-order valence-corrected chi connectivity index (χ1v) is 10.4. The highest BCUT2D eigenvalue weighted by Gasteiger charge is 2.25. The molecule has 0 bridgehead atoms.